The minimum Gasteiger partial charge on any atom is -0.479 e. The topological polar surface area (TPSA) is 57.5 Å². The maximum atomic E-state index is 11.8. The van der Waals surface area contributed by atoms with Crippen molar-refractivity contribution in [1.29, 1.82) is 0 Å². The van der Waals surface area contributed by atoms with E-state index in [1.165, 1.54) is 0 Å². The molecule has 0 aromatic carbocycles. The van der Waals surface area contributed by atoms with Gasteiger partial charge in [-0.1, -0.05) is 0 Å². The van der Waals surface area contributed by atoms with Gasteiger partial charge in [-0.15, -0.1) is 0 Å². The summed E-state index contributed by atoms with van der Waals surface area (Å²) in [6.45, 7) is 0. The first-order valence-corrected chi connectivity index (χ1v) is 2.38. The van der Waals surface area contributed by atoms with Crippen LogP contribution >= 0.6 is 0 Å². The van der Waals surface area contributed by atoms with Gasteiger partial charge in [-0.25, -0.2) is 9.18 Å². The maximum Gasteiger partial charge on any atom is 0.417 e. The highest BCUT2D eigenvalue weighted by Crippen LogP contribution is 2.23. The quantitative estimate of drug-likeness (QED) is 0.596. The Balaban J connectivity index is 4.25. The van der Waals surface area contributed by atoms with Crippen molar-refractivity contribution in [3.8, 4) is 0 Å². The minimum absolute atomic E-state index is 2.34. The number of aliphatic carboxylic acids is 1. The lowest BCUT2D eigenvalue weighted by Gasteiger charge is -2.14. The van der Waals surface area contributed by atoms with Crippen molar-refractivity contribution < 1.29 is 32.6 Å². The van der Waals surface area contributed by atoms with E-state index in [9.17, 15) is 22.4 Å². The molecule has 11 heavy (non-hydrogen) atoms. The van der Waals surface area contributed by atoms with Gasteiger partial charge in [-0.3, -0.25) is 0 Å². The Morgan fingerprint density at radius 3 is 1.82 bits per heavy atom. The second-order valence-corrected chi connectivity index (χ2v) is 1.73. The molecule has 0 saturated heterocycles. The van der Waals surface area contributed by atoms with Crippen LogP contribution in [-0.2, 0) is 4.79 Å². The fourth-order valence-corrected chi connectivity index (χ4v) is 0.301. The molecule has 0 rings (SSSR count). The van der Waals surface area contributed by atoms with Crippen molar-refractivity contribution in [3.63, 3.8) is 0 Å². The number of rotatable bonds is 2. The summed E-state index contributed by atoms with van der Waals surface area (Å²) < 4.78 is 45.8. The number of carboxylic acids is 1. The van der Waals surface area contributed by atoms with Crippen LogP contribution < -0.4 is 0 Å². The Hall–Kier alpha value is -0.850. The van der Waals surface area contributed by atoms with Gasteiger partial charge in [0.25, 0.3) is 0 Å². The lowest BCUT2D eigenvalue weighted by Crippen LogP contribution is -2.41. The van der Waals surface area contributed by atoms with E-state index < -0.39 is 24.4 Å². The molecule has 7 heteroatoms. The van der Waals surface area contributed by atoms with Gasteiger partial charge < -0.3 is 10.2 Å². The van der Waals surface area contributed by atoms with E-state index >= 15 is 0 Å². The zero-order chi connectivity index (χ0) is 9.23. The van der Waals surface area contributed by atoms with Crippen LogP contribution in [0.25, 0.3) is 0 Å². The highest BCUT2D eigenvalue weighted by molar-refractivity contribution is 5.72. The van der Waals surface area contributed by atoms with Crippen LogP contribution in [0.3, 0.4) is 0 Å². The third-order valence-corrected chi connectivity index (χ3v) is 0.848. The number of aliphatic hydroxyl groups excluding tert-OH is 1. The van der Waals surface area contributed by atoms with Crippen LogP contribution in [-0.4, -0.2) is 34.6 Å². The van der Waals surface area contributed by atoms with Gasteiger partial charge >= 0.3 is 12.1 Å². The summed E-state index contributed by atoms with van der Waals surface area (Å²) in [5, 5.41) is 15.6. The van der Waals surface area contributed by atoms with E-state index in [2.05, 4.69) is 0 Å². The second-order valence-electron chi connectivity index (χ2n) is 1.73. The molecule has 2 unspecified atom stereocenters. The lowest BCUT2D eigenvalue weighted by molar-refractivity contribution is -0.224. The average Bonchev–Trinajstić information content (AvgIpc) is 1.82. The molecule has 66 valence electrons. The third kappa shape index (κ3) is 2.71. The molecule has 0 amide bonds. The molecule has 0 radical (unpaired) electrons. The molecule has 0 spiro atoms. The smallest absolute Gasteiger partial charge is 0.417 e. The molecule has 2 N–H and O–H groups in total. The Labute approximate surface area is 58.2 Å². The van der Waals surface area contributed by atoms with Gasteiger partial charge in [-0.05, 0) is 0 Å². The van der Waals surface area contributed by atoms with Crippen LogP contribution in [0.2, 0.25) is 0 Å². The van der Waals surface area contributed by atoms with Gasteiger partial charge in [0.15, 0.2) is 6.10 Å². The number of hydrogen-bond donors (Lipinski definition) is 2. The zero-order valence-electron chi connectivity index (χ0n) is 4.97. The molecule has 0 aliphatic carbocycles. The monoisotopic (exact) mass is 176 g/mol. The fourth-order valence-electron chi connectivity index (χ4n) is 0.301. The Bertz CT molecular complexity index is 154. The molecule has 0 heterocycles. The first kappa shape index (κ1) is 10.2. The summed E-state index contributed by atoms with van der Waals surface area (Å²) in [6.07, 6.45) is -12.0. The normalized spacial score (nSPS) is 17.5. The molecule has 3 nitrogen and oxygen atoms in total. The standard InChI is InChI=1S/C4H4F4O3/c5-1(3(10)11)2(9)4(6,7)8/h1-2,9H,(H,10,11). The summed E-state index contributed by atoms with van der Waals surface area (Å²) in [5.41, 5.74) is 0. The van der Waals surface area contributed by atoms with Gasteiger partial charge in [0.1, 0.15) is 0 Å². The predicted octanol–water partition coefficient (Wildman–Crippen LogP) is 0.332. The van der Waals surface area contributed by atoms with E-state index in [1.807, 2.05) is 0 Å². The second kappa shape index (κ2) is 3.04. The zero-order valence-corrected chi connectivity index (χ0v) is 4.97. The highest BCUT2D eigenvalue weighted by Gasteiger charge is 2.47. The molecule has 0 bridgehead atoms. The fraction of sp³-hybridized carbons (Fsp3) is 0.750. The average molecular weight is 176 g/mol. The van der Waals surface area contributed by atoms with Crippen LogP contribution in [0.4, 0.5) is 17.6 Å². The van der Waals surface area contributed by atoms with E-state index in [0.29, 0.717) is 0 Å². The highest BCUT2D eigenvalue weighted by atomic mass is 19.4. The number of halogens is 4. The molecule has 0 aliphatic rings. The summed E-state index contributed by atoms with van der Waals surface area (Å²) >= 11 is 0. The molecular weight excluding hydrogens is 172 g/mol. The number of alkyl halides is 4. The van der Waals surface area contributed by atoms with Crippen LogP contribution in [0, 0.1) is 0 Å². The van der Waals surface area contributed by atoms with Crippen LogP contribution in [0.15, 0.2) is 0 Å². The third-order valence-electron chi connectivity index (χ3n) is 0.848. The van der Waals surface area contributed by atoms with E-state index in [1.54, 1.807) is 0 Å². The Morgan fingerprint density at radius 2 is 1.73 bits per heavy atom. The SMILES string of the molecule is O=C(O)C(F)C(O)C(F)(F)F. The van der Waals surface area contributed by atoms with Gasteiger partial charge in [0.2, 0.25) is 6.17 Å². The summed E-state index contributed by atoms with van der Waals surface area (Å²) in [7, 11) is 0. The van der Waals surface area contributed by atoms with Gasteiger partial charge in [0, 0.05) is 0 Å². The Morgan fingerprint density at radius 1 is 1.36 bits per heavy atom. The van der Waals surface area contributed by atoms with Crippen molar-refractivity contribution in [2.45, 2.75) is 18.5 Å². The molecule has 0 aromatic heterocycles. The van der Waals surface area contributed by atoms with E-state index in [0.717, 1.165) is 0 Å². The molecular formula is C4H4F4O3. The van der Waals surface area contributed by atoms with Crippen molar-refractivity contribution in [2.75, 3.05) is 0 Å². The van der Waals surface area contributed by atoms with E-state index in [-0.39, 0.29) is 0 Å². The first-order chi connectivity index (χ1) is 4.76. The number of carboxylic acid groups (broad SMARTS) is 1. The van der Waals surface area contributed by atoms with Gasteiger partial charge in [-0.2, -0.15) is 13.2 Å². The molecule has 0 fully saturated rings. The summed E-state index contributed by atoms with van der Waals surface area (Å²) in [6, 6.07) is 0. The van der Waals surface area contributed by atoms with Gasteiger partial charge in [0.05, 0.1) is 0 Å². The molecule has 0 aliphatic heterocycles. The molecule has 0 saturated carbocycles. The van der Waals surface area contributed by atoms with Crippen molar-refractivity contribution in [3.05, 3.63) is 0 Å². The largest absolute Gasteiger partial charge is 0.479 e. The number of carbonyl (C=O) groups is 1. The van der Waals surface area contributed by atoms with E-state index in [4.69, 9.17) is 10.2 Å². The summed E-state index contributed by atoms with van der Waals surface area (Å²) in [5.74, 6) is -2.34. The van der Waals surface area contributed by atoms with Crippen LogP contribution in [0.5, 0.6) is 0 Å². The number of aliphatic hydroxyl groups is 1. The maximum absolute atomic E-state index is 11.8. The molecule has 0 aromatic rings. The van der Waals surface area contributed by atoms with Crippen molar-refractivity contribution >= 4 is 5.97 Å². The van der Waals surface area contributed by atoms with Crippen molar-refractivity contribution in [2.24, 2.45) is 0 Å². The van der Waals surface area contributed by atoms with Crippen molar-refractivity contribution in [1.82, 2.24) is 0 Å². The minimum atomic E-state index is -5.24. The first-order valence-electron chi connectivity index (χ1n) is 2.38. The Kier molecular flexibility index (Phi) is 2.80. The predicted molar refractivity (Wildman–Crippen MR) is 24.6 cm³/mol. The van der Waals surface area contributed by atoms with Crippen LogP contribution in [0.1, 0.15) is 0 Å². The summed E-state index contributed by atoms with van der Waals surface area (Å²) in [4.78, 5) is 9.55. The lowest BCUT2D eigenvalue weighted by atomic mass is 10.2. The number of hydrogen-bond acceptors (Lipinski definition) is 2. The molecule has 2 atom stereocenters.